The van der Waals surface area contributed by atoms with Crippen LogP contribution in [-0.2, 0) is 19.6 Å². The van der Waals surface area contributed by atoms with E-state index in [0.717, 1.165) is 38.9 Å². The molecule has 0 bridgehead atoms. The Bertz CT molecular complexity index is 641. The van der Waals surface area contributed by atoms with Gasteiger partial charge in [0.15, 0.2) is 0 Å². The smallest absolute Gasteiger partial charge is 0.0487 e. The average Bonchev–Trinajstić information content (AvgIpc) is 2.97. The van der Waals surface area contributed by atoms with Crippen LogP contribution in [0, 0.1) is 0 Å². The lowest BCUT2D eigenvalue weighted by Crippen LogP contribution is -2.09. The second-order valence-electron chi connectivity index (χ2n) is 6.48. The second kappa shape index (κ2) is 5.82. The molecule has 1 aliphatic heterocycles. The molecule has 2 aromatic rings. The molecule has 2 N–H and O–H groups in total. The maximum Gasteiger partial charge on any atom is 0.0487 e. The van der Waals surface area contributed by atoms with Crippen LogP contribution in [0.2, 0.25) is 0 Å². The molecule has 3 heteroatoms. The van der Waals surface area contributed by atoms with E-state index in [1.54, 1.807) is 0 Å². The number of nitrogens with zero attached hydrogens (tertiary/aromatic N) is 2. The summed E-state index contributed by atoms with van der Waals surface area (Å²) in [6.07, 6.45) is 5.65. The quantitative estimate of drug-likeness (QED) is 0.906. The molecule has 2 heterocycles. The number of hydrogen-bond donors (Lipinski definition) is 1. The predicted molar refractivity (Wildman–Crippen MR) is 89.2 cm³/mol. The molecule has 0 aliphatic carbocycles. The highest BCUT2D eigenvalue weighted by Gasteiger charge is 2.20. The third kappa shape index (κ3) is 2.60. The van der Waals surface area contributed by atoms with Crippen LogP contribution in [0.5, 0.6) is 0 Å². The molecule has 0 radical (unpaired) electrons. The summed E-state index contributed by atoms with van der Waals surface area (Å²) >= 11 is 0. The first-order valence-corrected chi connectivity index (χ1v) is 8.22. The fraction of sp³-hybridized carbons (Fsp3) is 0.556. The zero-order valence-corrected chi connectivity index (χ0v) is 13.5. The molecule has 1 aromatic heterocycles. The molecule has 0 saturated carbocycles. The van der Waals surface area contributed by atoms with Gasteiger partial charge in [0, 0.05) is 42.8 Å². The molecular formula is C18H27N3. The standard InChI is InChI=1S/C18H27N3/c1-4-6-17(19)16-12-21(7-5-2)18-9-14-11-20(3)10-13(14)8-15(16)18/h8-9,12,17H,4-7,10-11,19H2,1-3H3. The predicted octanol–water partition coefficient (Wildman–Crippen LogP) is 3.80. The van der Waals surface area contributed by atoms with Crippen LogP contribution in [-0.4, -0.2) is 16.5 Å². The Morgan fingerprint density at radius 3 is 2.52 bits per heavy atom. The summed E-state index contributed by atoms with van der Waals surface area (Å²) in [6.45, 7) is 7.64. The highest BCUT2D eigenvalue weighted by Crippen LogP contribution is 2.33. The summed E-state index contributed by atoms with van der Waals surface area (Å²) < 4.78 is 2.40. The van der Waals surface area contributed by atoms with Crippen LogP contribution >= 0.6 is 0 Å². The number of rotatable bonds is 5. The zero-order valence-electron chi connectivity index (χ0n) is 13.5. The molecule has 1 aromatic carbocycles. The van der Waals surface area contributed by atoms with Gasteiger partial charge in [-0.05, 0) is 48.7 Å². The van der Waals surface area contributed by atoms with Gasteiger partial charge in [-0.3, -0.25) is 4.90 Å². The lowest BCUT2D eigenvalue weighted by atomic mass is 10.00. The maximum atomic E-state index is 6.43. The van der Waals surface area contributed by atoms with Crippen molar-refractivity contribution in [2.75, 3.05) is 7.05 Å². The number of aryl methyl sites for hydroxylation is 1. The van der Waals surface area contributed by atoms with E-state index < -0.39 is 0 Å². The van der Waals surface area contributed by atoms with E-state index in [9.17, 15) is 0 Å². The van der Waals surface area contributed by atoms with E-state index in [2.05, 4.69) is 48.7 Å². The summed E-state index contributed by atoms with van der Waals surface area (Å²) in [7, 11) is 2.19. The van der Waals surface area contributed by atoms with Crippen molar-refractivity contribution in [1.29, 1.82) is 0 Å². The van der Waals surface area contributed by atoms with Crippen molar-refractivity contribution < 1.29 is 0 Å². The van der Waals surface area contributed by atoms with Crippen LogP contribution in [0.3, 0.4) is 0 Å². The maximum absolute atomic E-state index is 6.43. The van der Waals surface area contributed by atoms with Crippen molar-refractivity contribution in [1.82, 2.24) is 9.47 Å². The van der Waals surface area contributed by atoms with Crippen molar-refractivity contribution in [3.8, 4) is 0 Å². The molecule has 1 unspecified atom stereocenters. The Morgan fingerprint density at radius 1 is 1.14 bits per heavy atom. The Hall–Kier alpha value is -1.32. The first kappa shape index (κ1) is 14.6. The van der Waals surface area contributed by atoms with Crippen LogP contribution in [0.25, 0.3) is 10.9 Å². The molecule has 114 valence electrons. The van der Waals surface area contributed by atoms with Crippen molar-refractivity contribution in [2.45, 2.75) is 58.8 Å². The van der Waals surface area contributed by atoms with E-state index in [-0.39, 0.29) is 6.04 Å². The molecule has 1 atom stereocenters. The Morgan fingerprint density at radius 2 is 1.86 bits per heavy atom. The molecule has 1 aliphatic rings. The first-order valence-electron chi connectivity index (χ1n) is 8.22. The third-order valence-corrected chi connectivity index (χ3v) is 4.58. The normalized spacial score (nSPS) is 16.6. The average molecular weight is 285 g/mol. The molecule has 3 rings (SSSR count). The van der Waals surface area contributed by atoms with E-state index in [1.165, 1.54) is 27.6 Å². The Kier molecular flexibility index (Phi) is 4.05. The molecule has 3 nitrogen and oxygen atoms in total. The van der Waals surface area contributed by atoms with Crippen LogP contribution in [0.15, 0.2) is 18.3 Å². The van der Waals surface area contributed by atoms with E-state index in [4.69, 9.17) is 5.73 Å². The van der Waals surface area contributed by atoms with Gasteiger partial charge in [-0.1, -0.05) is 20.3 Å². The number of nitrogens with two attached hydrogens (primary N) is 1. The van der Waals surface area contributed by atoms with Crippen LogP contribution in [0.4, 0.5) is 0 Å². The Labute approximate surface area is 127 Å². The van der Waals surface area contributed by atoms with E-state index in [0.29, 0.717) is 0 Å². The fourth-order valence-corrected chi connectivity index (χ4v) is 3.57. The minimum absolute atomic E-state index is 0.160. The van der Waals surface area contributed by atoms with Gasteiger partial charge >= 0.3 is 0 Å². The number of aromatic nitrogens is 1. The summed E-state index contributed by atoms with van der Waals surface area (Å²) in [5.41, 5.74) is 12.1. The zero-order chi connectivity index (χ0) is 15.0. The fourth-order valence-electron chi connectivity index (χ4n) is 3.57. The van der Waals surface area contributed by atoms with E-state index in [1.807, 2.05) is 0 Å². The monoisotopic (exact) mass is 285 g/mol. The van der Waals surface area contributed by atoms with Gasteiger partial charge < -0.3 is 10.3 Å². The lowest BCUT2D eigenvalue weighted by Gasteiger charge is -2.09. The summed E-state index contributed by atoms with van der Waals surface area (Å²) in [6, 6.07) is 4.95. The highest BCUT2D eigenvalue weighted by molar-refractivity contribution is 5.86. The van der Waals surface area contributed by atoms with Gasteiger partial charge in [0.1, 0.15) is 0 Å². The van der Waals surface area contributed by atoms with Crippen LogP contribution < -0.4 is 5.73 Å². The van der Waals surface area contributed by atoms with Crippen molar-refractivity contribution in [3.63, 3.8) is 0 Å². The summed E-state index contributed by atoms with van der Waals surface area (Å²) in [4.78, 5) is 2.37. The SMILES string of the molecule is CCCC(N)c1cn(CCC)c2cc3c(cc12)CN(C)C3. The molecule has 21 heavy (non-hydrogen) atoms. The third-order valence-electron chi connectivity index (χ3n) is 4.58. The number of fused-ring (bicyclic) bond motifs is 2. The molecular weight excluding hydrogens is 258 g/mol. The first-order chi connectivity index (χ1) is 10.1. The van der Waals surface area contributed by atoms with Crippen LogP contribution in [0.1, 0.15) is 55.8 Å². The second-order valence-corrected chi connectivity index (χ2v) is 6.48. The van der Waals surface area contributed by atoms with Crippen molar-refractivity contribution in [2.24, 2.45) is 5.73 Å². The summed E-state index contributed by atoms with van der Waals surface area (Å²) in [5, 5.41) is 1.37. The Balaban J connectivity index is 2.13. The molecule has 0 fully saturated rings. The van der Waals surface area contributed by atoms with Crippen molar-refractivity contribution >= 4 is 10.9 Å². The number of benzene rings is 1. The minimum atomic E-state index is 0.160. The van der Waals surface area contributed by atoms with Crippen molar-refractivity contribution in [3.05, 3.63) is 35.0 Å². The minimum Gasteiger partial charge on any atom is -0.347 e. The van der Waals surface area contributed by atoms with Gasteiger partial charge in [0.05, 0.1) is 0 Å². The summed E-state index contributed by atoms with van der Waals surface area (Å²) in [5.74, 6) is 0. The van der Waals surface area contributed by atoms with Gasteiger partial charge in [0.2, 0.25) is 0 Å². The molecule has 0 amide bonds. The molecule has 0 spiro atoms. The topological polar surface area (TPSA) is 34.2 Å². The number of hydrogen-bond acceptors (Lipinski definition) is 2. The highest BCUT2D eigenvalue weighted by atomic mass is 15.1. The van der Waals surface area contributed by atoms with Gasteiger partial charge in [-0.15, -0.1) is 0 Å². The van der Waals surface area contributed by atoms with Gasteiger partial charge in [0.25, 0.3) is 0 Å². The lowest BCUT2D eigenvalue weighted by molar-refractivity contribution is 0.353. The van der Waals surface area contributed by atoms with E-state index >= 15 is 0 Å². The van der Waals surface area contributed by atoms with Gasteiger partial charge in [-0.2, -0.15) is 0 Å². The largest absolute Gasteiger partial charge is 0.347 e. The molecule has 0 saturated heterocycles. The van der Waals surface area contributed by atoms with Gasteiger partial charge in [-0.25, -0.2) is 0 Å².